The molecule has 1 unspecified atom stereocenters. The zero-order valence-corrected chi connectivity index (χ0v) is 27.4. The number of anilines is 2. The molecule has 1 aromatic heterocycles. The molecular formula is C33H47N9O4. The minimum absolute atomic E-state index is 0.120. The molecule has 1 fully saturated rings. The molecule has 0 spiro atoms. The zero-order chi connectivity index (χ0) is 33.5. The van der Waals surface area contributed by atoms with Crippen LogP contribution in [0, 0.1) is 10.8 Å². The van der Waals surface area contributed by atoms with E-state index in [0.717, 1.165) is 32.8 Å². The number of benzene rings is 1. The minimum Gasteiger partial charge on any atom is -0.492 e. The highest BCUT2D eigenvalue weighted by Gasteiger charge is 2.22. The molecule has 2 heterocycles. The number of rotatable bonds is 13. The number of aromatic nitrogens is 2. The van der Waals surface area contributed by atoms with Gasteiger partial charge in [0.25, 0.3) is 5.91 Å². The van der Waals surface area contributed by atoms with Crippen LogP contribution in [0.4, 0.5) is 11.6 Å². The first-order valence-electron chi connectivity index (χ1n) is 15.2. The number of hydrogen-bond donors (Lipinski definition) is 5. The van der Waals surface area contributed by atoms with Crippen molar-refractivity contribution in [2.24, 2.45) is 16.3 Å². The Hall–Kier alpha value is -4.59. The van der Waals surface area contributed by atoms with Gasteiger partial charge in [0.15, 0.2) is 0 Å². The van der Waals surface area contributed by atoms with Crippen molar-refractivity contribution >= 4 is 30.0 Å². The molecule has 1 amide bonds. The summed E-state index contributed by atoms with van der Waals surface area (Å²) in [4.78, 5) is 29.0. The van der Waals surface area contributed by atoms with Gasteiger partial charge < -0.3 is 36.0 Å². The fraction of sp³-hybridized carbons (Fsp3) is 0.424. The second-order valence-electron chi connectivity index (χ2n) is 11.4. The Morgan fingerprint density at radius 1 is 1.24 bits per heavy atom. The Morgan fingerprint density at radius 3 is 2.63 bits per heavy atom. The third-order valence-electron chi connectivity index (χ3n) is 7.09. The number of hydrogen-bond acceptors (Lipinski definition) is 12. The standard InChI is InChI=1S/C32H42N8O4.CH5N/c1-32(2,3)26(44-35-5)20-27(41)38-23-9-11-24(12-10-23)39-31-28(30(34-4)36-21-37-31)29(33)22-7-6-8-25(19-22)43-18-15-40-13-16-42-17-14-40;1-2/h6-11,19-21,24,33H,5,12-18H2,1-4H3,(H,38,41)(H2,34,36,37,39);2H2,1H3/b26-20-,33-29?;. The van der Waals surface area contributed by atoms with Crippen LogP contribution in [0.25, 0.3) is 0 Å². The number of allylic oxidation sites excluding steroid dienone is 2. The summed E-state index contributed by atoms with van der Waals surface area (Å²) in [6, 6.07) is 7.40. The molecule has 1 atom stereocenters. The van der Waals surface area contributed by atoms with Crippen LogP contribution in [0.2, 0.25) is 0 Å². The van der Waals surface area contributed by atoms with Crippen LogP contribution in [0.5, 0.6) is 5.75 Å². The molecule has 13 heteroatoms. The summed E-state index contributed by atoms with van der Waals surface area (Å²) in [5.41, 5.74) is 6.26. The van der Waals surface area contributed by atoms with Crippen LogP contribution in [0.1, 0.15) is 38.3 Å². The summed E-state index contributed by atoms with van der Waals surface area (Å²) in [5.74, 6) is 1.85. The number of ether oxygens (including phenoxy) is 2. The van der Waals surface area contributed by atoms with Crippen molar-refractivity contribution in [2.45, 2.75) is 33.2 Å². The summed E-state index contributed by atoms with van der Waals surface area (Å²) >= 11 is 0. The number of oxime groups is 1. The van der Waals surface area contributed by atoms with Crippen LogP contribution >= 0.6 is 0 Å². The van der Waals surface area contributed by atoms with E-state index in [4.69, 9.17) is 19.7 Å². The SMILES string of the molecule is C=NO/C(=C\C(=O)NC1=CCC(Nc2ncnc(NC)c2C(=N)c2cccc(OCCN3CCOCC3)c2)C=C1)C(C)(C)C.CN. The van der Waals surface area contributed by atoms with Crippen molar-refractivity contribution in [3.63, 3.8) is 0 Å². The van der Waals surface area contributed by atoms with Crippen molar-refractivity contribution in [3.8, 4) is 5.75 Å². The van der Waals surface area contributed by atoms with Crippen LogP contribution in [0.3, 0.4) is 0 Å². The second-order valence-corrected chi connectivity index (χ2v) is 11.4. The lowest BCUT2D eigenvalue weighted by atomic mass is 9.93. The van der Waals surface area contributed by atoms with Crippen molar-refractivity contribution in [1.29, 1.82) is 5.41 Å². The second kappa shape index (κ2) is 17.8. The summed E-state index contributed by atoms with van der Waals surface area (Å²) in [6.45, 7) is 13.8. The topological polar surface area (TPSA) is 172 Å². The van der Waals surface area contributed by atoms with E-state index < -0.39 is 5.41 Å². The summed E-state index contributed by atoms with van der Waals surface area (Å²) in [5, 5.41) is 22.0. The van der Waals surface area contributed by atoms with E-state index in [9.17, 15) is 4.79 Å². The van der Waals surface area contributed by atoms with Crippen molar-refractivity contribution in [1.82, 2.24) is 20.2 Å². The first-order chi connectivity index (χ1) is 22.2. The van der Waals surface area contributed by atoms with Gasteiger partial charge in [0.05, 0.1) is 24.5 Å². The average molecular weight is 634 g/mol. The van der Waals surface area contributed by atoms with E-state index in [1.54, 1.807) is 7.05 Å². The number of nitrogens with one attached hydrogen (secondary N) is 4. The predicted molar refractivity (Wildman–Crippen MR) is 182 cm³/mol. The van der Waals surface area contributed by atoms with Gasteiger partial charge in [-0.05, 0) is 31.7 Å². The lowest BCUT2D eigenvalue weighted by molar-refractivity contribution is -0.116. The van der Waals surface area contributed by atoms with Gasteiger partial charge in [-0.3, -0.25) is 15.1 Å². The van der Waals surface area contributed by atoms with Gasteiger partial charge in [0, 0.05) is 62.2 Å². The normalized spacial score (nSPS) is 16.7. The van der Waals surface area contributed by atoms with Gasteiger partial charge in [-0.25, -0.2) is 9.97 Å². The molecule has 1 aliphatic heterocycles. The number of morpholine rings is 1. The Bertz CT molecular complexity index is 1430. The molecule has 248 valence electrons. The van der Waals surface area contributed by atoms with E-state index in [1.807, 2.05) is 63.3 Å². The number of amides is 1. The first kappa shape index (κ1) is 35.9. The molecule has 0 saturated carbocycles. The number of nitrogens with zero attached hydrogens (tertiary/aromatic N) is 4. The first-order valence-corrected chi connectivity index (χ1v) is 15.2. The largest absolute Gasteiger partial charge is 0.492 e. The highest BCUT2D eigenvalue weighted by atomic mass is 16.6. The molecule has 13 nitrogen and oxygen atoms in total. The van der Waals surface area contributed by atoms with E-state index in [0.29, 0.717) is 53.0 Å². The van der Waals surface area contributed by atoms with Crippen LogP contribution in [-0.2, 0) is 14.4 Å². The van der Waals surface area contributed by atoms with Crippen molar-refractivity contribution in [2.75, 3.05) is 64.2 Å². The lowest BCUT2D eigenvalue weighted by Crippen LogP contribution is -2.38. The molecule has 2 aliphatic rings. The van der Waals surface area contributed by atoms with Crippen LogP contribution < -0.4 is 26.4 Å². The molecule has 1 aliphatic carbocycles. The summed E-state index contributed by atoms with van der Waals surface area (Å²) in [6.07, 6.45) is 9.14. The fourth-order valence-corrected chi connectivity index (χ4v) is 4.67. The molecular weight excluding hydrogens is 586 g/mol. The molecule has 0 radical (unpaired) electrons. The number of carbonyl (C=O) groups excluding carboxylic acids is 1. The van der Waals surface area contributed by atoms with Gasteiger partial charge in [-0.15, -0.1) is 0 Å². The molecule has 46 heavy (non-hydrogen) atoms. The molecule has 2 aromatic rings. The van der Waals surface area contributed by atoms with Gasteiger partial charge in [0.2, 0.25) is 0 Å². The highest BCUT2D eigenvalue weighted by molar-refractivity contribution is 6.16. The van der Waals surface area contributed by atoms with Gasteiger partial charge in [0.1, 0.15) is 36.1 Å². The maximum atomic E-state index is 12.6. The van der Waals surface area contributed by atoms with Gasteiger partial charge >= 0.3 is 0 Å². The highest BCUT2D eigenvalue weighted by Crippen LogP contribution is 2.28. The minimum atomic E-state index is -0.406. The van der Waals surface area contributed by atoms with E-state index in [2.05, 4.69) is 48.4 Å². The van der Waals surface area contributed by atoms with Gasteiger partial charge in [-0.2, -0.15) is 0 Å². The van der Waals surface area contributed by atoms with Crippen molar-refractivity contribution in [3.05, 3.63) is 77.5 Å². The quantitative estimate of drug-likeness (QED) is 0.0951. The summed E-state index contributed by atoms with van der Waals surface area (Å²) in [7, 11) is 3.27. The third-order valence-corrected chi connectivity index (χ3v) is 7.09. The van der Waals surface area contributed by atoms with Crippen LogP contribution in [-0.4, -0.2) is 92.8 Å². The molecule has 4 rings (SSSR count). The average Bonchev–Trinajstić information content (AvgIpc) is 3.06. The van der Waals surface area contributed by atoms with E-state index in [-0.39, 0.29) is 17.7 Å². The Morgan fingerprint density at radius 2 is 1.98 bits per heavy atom. The molecule has 1 aromatic carbocycles. The Kier molecular flexibility index (Phi) is 13.9. The number of nitrogens with two attached hydrogens (primary N) is 1. The molecule has 0 bridgehead atoms. The molecule has 6 N–H and O–H groups in total. The maximum absolute atomic E-state index is 12.6. The van der Waals surface area contributed by atoms with E-state index in [1.165, 1.54) is 19.5 Å². The van der Waals surface area contributed by atoms with Gasteiger partial charge in [-0.1, -0.05) is 50.2 Å². The smallest absolute Gasteiger partial charge is 0.251 e. The van der Waals surface area contributed by atoms with E-state index >= 15 is 0 Å². The maximum Gasteiger partial charge on any atom is 0.251 e. The Labute approximate surface area is 271 Å². The lowest BCUT2D eigenvalue weighted by Gasteiger charge is -2.26. The number of carbonyl (C=O) groups is 1. The monoisotopic (exact) mass is 633 g/mol. The fourth-order valence-electron chi connectivity index (χ4n) is 4.67. The third kappa shape index (κ3) is 10.5. The summed E-state index contributed by atoms with van der Waals surface area (Å²) < 4.78 is 11.4. The van der Waals surface area contributed by atoms with Crippen molar-refractivity contribution < 1.29 is 19.1 Å². The van der Waals surface area contributed by atoms with Crippen LogP contribution in [0.15, 0.2) is 71.5 Å². The Balaban J connectivity index is 0.00000282. The molecule has 1 saturated heterocycles. The predicted octanol–water partition coefficient (Wildman–Crippen LogP) is 3.52. The zero-order valence-electron chi connectivity index (χ0n) is 27.4.